The molecule has 0 saturated heterocycles. The van der Waals surface area contributed by atoms with Crippen LogP contribution in [0.3, 0.4) is 0 Å². The van der Waals surface area contributed by atoms with Crippen molar-refractivity contribution in [1.29, 1.82) is 0 Å². The number of rotatable bonds is 2. The van der Waals surface area contributed by atoms with Crippen LogP contribution in [0.15, 0.2) is 29.4 Å². The molecule has 4 nitrogen and oxygen atoms in total. The summed E-state index contributed by atoms with van der Waals surface area (Å²) in [6, 6.07) is 7.33. The third-order valence-electron chi connectivity index (χ3n) is 2.17. The fourth-order valence-corrected chi connectivity index (χ4v) is 1.24. The summed E-state index contributed by atoms with van der Waals surface area (Å²) < 4.78 is 0. The number of urea groups is 1. The minimum absolute atomic E-state index is 0.140. The Labute approximate surface area is 95.5 Å². The van der Waals surface area contributed by atoms with E-state index in [1.165, 1.54) is 5.56 Å². The molecule has 1 aromatic rings. The van der Waals surface area contributed by atoms with Gasteiger partial charge >= 0.3 is 6.03 Å². The van der Waals surface area contributed by atoms with Gasteiger partial charge in [-0.05, 0) is 16.5 Å². The highest BCUT2D eigenvalue weighted by molar-refractivity contribution is 5.81. The summed E-state index contributed by atoms with van der Waals surface area (Å²) in [5.41, 5.74) is 9.34. The zero-order valence-electron chi connectivity index (χ0n) is 9.82. The molecule has 0 fully saturated rings. The normalized spacial score (nSPS) is 11.7. The predicted octanol–water partition coefficient (Wildman–Crippen LogP) is 1.99. The van der Waals surface area contributed by atoms with E-state index in [-0.39, 0.29) is 5.41 Å². The van der Waals surface area contributed by atoms with Crippen LogP contribution in [0.25, 0.3) is 0 Å². The van der Waals surface area contributed by atoms with Crippen molar-refractivity contribution in [3.05, 3.63) is 35.4 Å². The fourth-order valence-electron chi connectivity index (χ4n) is 1.24. The molecule has 0 aliphatic rings. The van der Waals surface area contributed by atoms with E-state index >= 15 is 0 Å². The topological polar surface area (TPSA) is 67.5 Å². The van der Waals surface area contributed by atoms with Crippen molar-refractivity contribution in [2.75, 3.05) is 0 Å². The van der Waals surface area contributed by atoms with Crippen molar-refractivity contribution in [3.63, 3.8) is 0 Å². The number of benzene rings is 1. The molecule has 1 aromatic carbocycles. The fraction of sp³-hybridized carbons (Fsp3) is 0.333. The number of hydrazone groups is 1. The molecule has 0 unspecified atom stereocenters. The number of carbonyl (C=O) groups is 1. The Morgan fingerprint density at radius 2 is 1.88 bits per heavy atom. The molecule has 0 aliphatic heterocycles. The highest BCUT2D eigenvalue weighted by Crippen LogP contribution is 2.21. The van der Waals surface area contributed by atoms with Gasteiger partial charge in [0.25, 0.3) is 0 Å². The highest BCUT2D eigenvalue weighted by Gasteiger charge is 2.12. The maximum absolute atomic E-state index is 10.4. The summed E-state index contributed by atoms with van der Waals surface area (Å²) in [4.78, 5) is 10.4. The molecular weight excluding hydrogens is 202 g/mol. The van der Waals surface area contributed by atoms with E-state index in [9.17, 15) is 4.79 Å². The number of hydrogen-bond acceptors (Lipinski definition) is 2. The molecule has 0 aromatic heterocycles. The van der Waals surface area contributed by atoms with Gasteiger partial charge in [-0.1, -0.05) is 45.0 Å². The van der Waals surface area contributed by atoms with E-state index in [0.717, 1.165) is 5.56 Å². The lowest BCUT2D eigenvalue weighted by Gasteiger charge is -2.18. The standard InChI is InChI=1S/C12H17N3O/c1-12(2,3)10-6-4-9(5-7-10)8-14-15-11(13)16/h4-8H,1-3H3,(H3,13,15,16)/b14-8+. The van der Waals surface area contributed by atoms with Gasteiger partial charge in [-0.3, -0.25) is 0 Å². The van der Waals surface area contributed by atoms with Crippen LogP contribution in [-0.2, 0) is 5.41 Å². The first-order chi connectivity index (χ1) is 7.39. The van der Waals surface area contributed by atoms with E-state index < -0.39 is 6.03 Å². The summed E-state index contributed by atoms with van der Waals surface area (Å²) in [6.07, 6.45) is 1.55. The first-order valence-electron chi connectivity index (χ1n) is 5.08. The van der Waals surface area contributed by atoms with Crippen LogP contribution in [0, 0.1) is 0 Å². The van der Waals surface area contributed by atoms with Gasteiger partial charge in [-0.25, -0.2) is 10.2 Å². The Kier molecular flexibility index (Phi) is 3.66. The van der Waals surface area contributed by atoms with E-state index in [0.29, 0.717) is 0 Å². The number of primary amides is 1. The molecule has 1 rings (SSSR count). The van der Waals surface area contributed by atoms with Crippen molar-refractivity contribution >= 4 is 12.2 Å². The molecule has 2 amide bonds. The molecule has 86 valence electrons. The molecule has 16 heavy (non-hydrogen) atoms. The second-order valence-electron chi connectivity index (χ2n) is 4.61. The summed E-state index contributed by atoms with van der Waals surface area (Å²) in [7, 11) is 0. The average molecular weight is 219 g/mol. The van der Waals surface area contributed by atoms with Crippen LogP contribution < -0.4 is 11.2 Å². The summed E-state index contributed by atoms with van der Waals surface area (Å²) in [5, 5.41) is 3.68. The SMILES string of the molecule is CC(C)(C)c1ccc(/C=N/NC(N)=O)cc1. The lowest BCUT2D eigenvalue weighted by molar-refractivity contribution is 0.249. The van der Waals surface area contributed by atoms with Gasteiger partial charge in [0.05, 0.1) is 6.21 Å². The Bertz CT molecular complexity index is 388. The van der Waals surface area contributed by atoms with Crippen molar-refractivity contribution in [3.8, 4) is 0 Å². The number of carbonyl (C=O) groups excluding carboxylic acids is 1. The summed E-state index contributed by atoms with van der Waals surface area (Å²) in [5.74, 6) is 0. The second kappa shape index (κ2) is 4.79. The van der Waals surface area contributed by atoms with Crippen molar-refractivity contribution < 1.29 is 4.79 Å². The molecule has 3 N–H and O–H groups in total. The number of hydrogen-bond donors (Lipinski definition) is 2. The second-order valence-corrected chi connectivity index (χ2v) is 4.61. The number of nitrogens with one attached hydrogen (secondary N) is 1. The molecule has 0 saturated carbocycles. The van der Waals surface area contributed by atoms with Gasteiger partial charge in [-0.2, -0.15) is 5.10 Å². The van der Waals surface area contributed by atoms with Gasteiger partial charge in [0, 0.05) is 0 Å². The number of nitrogens with two attached hydrogens (primary N) is 1. The molecule has 0 spiro atoms. The Morgan fingerprint density at radius 1 is 1.31 bits per heavy atom. The molecule has 0 radical (unpaired) electrons. The lowest BCUT2D eigenvalue weighted by Crippen LogP contribution is -2.24. The van der Waals surface area contributed by atoms with E-state index in [2.05, 4.69) is 31.3 Å². The highest BCUT2D eigenvalue weighted by atomic mass is 16.2. The maximum Gasteiger partial charge on any atom is 0.332 e. The zero-order valence-corrected chi connectivity index (χ0v) is 9.82. The molecule has 0 aliphatic carbocycles. The van der Waals surface area contributed by atoms with E-state index in [4.69, 9.17) is 5.73 Å². The largest absolute Gasteiger partial charge is 0.350 e. The van der Waals surface area contributed by atoms with Crippen molar-refractivity contribution in [2.45, 2.75) is 26.2 Å². The monoisotopic (exact) mass is 219 g/mol. The van der Waals surface area contributed by atoms with Gasteiger partial charge in [0.15, 0.2) is 0 Å². The molecule has 0 heterocycles. The molecule has 0 atom stereocenters. The molecular formula is C12H17N3O. The third kappa shape index (κ3) is 3.73. The quantitative estimate of drug-likeness (QED) is 0.579. The van der Waals surface area contributed by atoms with Crippen LogP contribution in [0.4, 0.5) is 4.79 Å². The molecule has 0 bridgehead atoms. The van der Waals surface area contributed by atoms with Gasteiger partial charge in [0.1, 0.15) is 0 Å². The van der Waals surface area contributed by atoms with Crippen molar-refractivity contribution in [1.82, 2.24) is 5.43 Å². The molecule has 4 heteroatoms. The number of amides is 2. The first kappa shape index (κ1) is 12.2. The Hall–Kier alpha value is -1.84. The average Bonchev–Trinajstić information content (AvgIpc) is 2.16. The van der Waals surface area contributed by atoms with Crippen LogP contribution in [0.2, 0.25) is 0 Å². The van der Waals surface area contributed by atoms with E-state index in [1.807, 2.05) is 24.3 Å². The van der Waals surface area contributed by atoms with Crippen LogP contribution in [0.5, 0.6) is 0 Å². The van der Waals surface area contributed by atoms with Crippen LogP contribution in [-0.4, -0.2) is 12.2 Å². The van der Waals surface area contributed by atoms with Crippen LogP contribution >= 0.6 is 0 Å². The van der Waals surface area contributed by atoms with Gasteiger partial charge in [-0.15, -0.1) is 0 Å². The lowest BCUT2D eigenvalue weighted by atomic mass is 9.87. The summed E-state index contributed by atoms with van der Waals surface area (Å²) >= 11 is 0. The predicted molar refractivity (Wildman–Crippen MR) is 65.5 cm³/mol. The van der Waals surface area contributed by atoms with Gasteiger partial charge in [0.2, 0.25) is 0 Å². The smallest absolute Gasteiger partial charge is 0.332 e. The van der Waals surface area contributed by atoms with E-state index in [1.54, 1.807) is 6.21 Å². The minimum atomic E-state index is -0.664. The first-order valence-corrected chi connectivity index (χ1v) is 5.08. The Balaban J connectivity index is 2.72. The minimum Gasteiger partial charge on any atom is -0.350 e. The maximum atomic E-state index is 10.4. The number of nitrogens with zero attached hydrogens (tertiary/aromatic N) is 1. The zero-order chi connectivity index (χ0) is 12.2. The van der Waals surface area contributed by atoms with Gasteiger partial charge < -0.3 is 5.73 Å². The van der Waals surface area contributed by atoms with Crippen molar-refractivity contribution in [2.24, 2.45) is 10.8 Å². The van der Waals surface area contributed by atoms with Crippen LogP contribution in [0.1, 0.15) is 31.9 Å². The Morgan fingerprint density at radius 3 is 2.31 bits per heavy atom. The summed E-state index contributed by atoms with van der Waals surface area (Å²) in [6.45, 7) is 6.47. The third-order valence-corrected chi connectivity index (χ3v) is 2.17.